The van der Waals surface area contributed by atoms with Crippen molar-refractivity contribution in [2.45, 2.75) is 68.4 Å². The Labute approximate surface area is 350 Å². The molecule has 2 aromatic carbocycles. The molecule has 2 atom stereocenters. The van der Waals surface area contributed by atoms with Crippen molar-refractivity contribution in [1.82, 2.24) is 14.9 Å². The van der Waals surface area contributed by atoms with E-state index in [2.05, 4.69) is 26.2 Å². The highest BCUT2D eigenvalue weighted by Crippen LogP contribution is 2.43. The van der Waals surface area contributed by atoms with E-state index >= 15 is 0 Å². The maximum atomic E-state index is 14.3. The minimum absolute atomic E-state index is 0.0412. The number of carbonyl (C=O) groups excluding carboxylic acids is 2. The van der Waals surface area contributed by atoms with Gasteiger partial charge in [0.25, 0.3) is 0 Å². The molecule has 1 aliphatic carbocycles. The molecule has 0 amide bonds. The number of hydrogen-bond donors (Lipinski definition) is 3. The predicted molar refractivity (Wildman–Crippen MR) is 204 cm³/mol. The molecular formula is C35H36BrClF7N4O10PS. The zero-order valence-corrected chi connectivity index (χ0v) is 35.9. The molecule has 4 N–H and O–H groups in total. The number of sulfone groups is 1. The van der Waals surface area contributed by atoms with Crippen molar-refractivity contribution in [1.29, 1.82) is 0 Å². The Balaban J connectivity index is 0.000000259. The maximum absolute atomic E-state index is 14.3. The summed E-state index contributed by atoms with van der Waals surface area (Å²) >= 11 is 8.67. The Hall–Kier alpha value is -4.15. The predicted octanol–water partition coefficient (Wildman–Crippen LogP) is 8.12. The molecule has 2 heterocycles. The molecule has 1 saturated carbocycles. The molecule has 0 spiro atoms. The van der Waals surface area contributed by atoms with E-state index < -0.39 is 85.9 Å². The molecule has 4 aromatic rings. The first-order valence-corrected chi connectivity index (χ1v) is 22.4. The number of nitrogens with zero attached hydrogens (tertiary/aromatic N) is 3. The fourth-order valence-electron chi connectivity index (χ4n) is 5.04. The van der Waals surface area contributed by atoms with Crippen LogP contribution in [-0.2, 0) is 43.3 Å². The van der Waals surface area contributed by atoms with Crippen LogP contribution in [0.4, 0.5) is 30.7 Å². The minimum atomic E-state index is -4.71. The summed E-state index contributed by atoms with van der Waals surface area (Å²) in [6, 6.07) is 2.87. The Morgan fingerprint density at radius 2 is 1.68 bits per heavy atom. The lowest BCUT2D eigenvalue weighted by atomic mass is 10.0. The normalized spacial score (nSPS) is 14.6. The third kappa shape index (κ3) is 13.4. The van der Waals surface area contributed by atoms with E-state index in [4.69, 9.17) is 36.6 Å². The van der Waals surface area contributed by atoms with Gasteiger partial charge >= 0.3 is 24.3 Å². The number of ether oxygens (including phenoxy) is 1. The van der Waals surface area contributed by atoms with E-state index in [0.717, 1.165) is 44.3 Å². The van der Waals surface area contributed by atoms with Crippen LogP contribution >= 0.6 is 34.9 Å². The zero-order valence-electron chi connectivity index (χ0n) is 31.9. The minimum Gasteiger partial charge on any atom is -0.480 e. The van der Waals surface area contributed by atoms with Gasteiger partial charge in [-0.25, -0.2) is 17.6 Å². The van der Waals surface area contributed by atoms with Crippen molar-refractivity contribution in [2.75, 3.05) is 19.1 Å². The van der Waals surface area contributed by atoms with Crippen molar-refractivity contribution >= 4 is 62.5 Å². The molecule has 14 nitrogen and oxygen atoms in total. The maximum Gasteiger partial charge on any atom is 0.434 e. The van der Waals surface area contributed by atoms with Gasteiger partial charge < -0.3 is 25.0 Å². The number of aromatic nitrogens is 3. The number of carbonyl (C=O) groups is 3. The van der Waals surface area contributed by atoms with Gasteiger partial charge in [-0.05, 0) is 79.4 Å². The molecule has 60 heavy (non-hydrogen) atoms. The number of aryl methyl sites for hydroxylation is 1. The number of halogens is 9. The van der Waals surface area contributed by atoms with Gasteiger partial charge in [-0.1, -0.05) is 16.8 Å². The molecule has 1 aliphatic rings. The van der Waals surface area contributed by atoms with Gasteiger partial charge in [-0.2, -0.15) is 31.4 Å². The molecule has 25 heteroatoms. The van der Waals surface area contributed by atoms with Crippen LogP contribution in [0, 0.1) is 5.82 Å². The number of ketones is 1. The van der Waals surface area contributed by atoms with Crippen molar-refractivity contribution < 1.29 is 77.4 Å². The fraction of sp³-hybridized carbons (Fsp3) is 0.400. The zero-order chi connectivity index (χ0) is 45.9. The smallest absolute Gasteiger partial charge is 0.434 e. The second-order valence-electron chi connectivity index (χ2n) is 13.6. The summed E-state index contributed by atoms with van der Waals surface area (Å²) in [6.07, 6.45) is -6.29. The number of nitrogens with two attached hydrogens (primary N) is 1. The monoisotopic (exact) mass is 982 g/mol. The van der Waals surface area contributed by atoms with Crippen LogP contribution in [0.15, 0.2) is 50.4 Å². The van der Waals surface area contributed by atoms with Crippen LogP contribution in [0.25, 0.3) is 11.3 Å². The van der Waals surface area contributed by atoms with Crippen LogP contribution in [0.3, 0.4) is 0 Å². The number of hydrogen-bond acceptors (Lipinski definition) is 11. The van der Waals surface area contributed by atoms with Gasteiger partial charge in [-0.3, -0.25) is 18.8 Å². The Morgan fingerprint density at radius 3 is 2.15 bits per heavy atom. The lowest BCUT2D eigenvalue weighted by molar-refractivity contribution is -0.144. The molecule has 0 radical (unpaired) electrons. The summed E-state index contributed by atoms with van der Waals surface area (Å²) in [5, 5.41) is 15.3. The van der Waals surface area contributed by atoms with E-state index in [9.17, 15) is 58.1 Å². The molecule has 0 bridgehead atoms. The number of aliphatic carboxylic acids is 1. The second kappa shape index (κ2) is 19.3. The van der Waals surface area contributed by atoms with Crippen LogP contribution in [-0.4, -0.2) is 82.3 Å². The van der Waals surface area contributed by atoms with E-state index in [-0.39, 0.29) is 51.5 Å². The van der Waals surface area contributed by atoms with Crippen LogP contribution in [0.1, 0.15) is 82.3 Å². The van der Waals surface area contributed by atoms with Gasteiger partial charge in [0, 0.05) is 43.2 Å². The number of benzene rings is 2. The van der Waals surface area contributed by atoms with Gasteiger partial charge in [-0.15, -0.1) is 0 Å². The highest BCUT2D eigenvalue weighted by molar-refractivity contribution is 9.10. The molecule has 2 unspecified atom stereocenters. The number of esters is 1. The van der Waals surface area contributed by atoms with Crippen molar-refractivity contribution in [3.8, 4) is 11.3 Å². The first-order valence-electron chi connectivity index (χ1n) is 17.0. The van der Waals surface area contributed by atoms with Crippen molar-refractivity contribution in [3.05, 3.63) is 85.5 Å². The summed E-state index contributed by atoms with van der Waals surface area (Å²) < 4.78 is 137. The fourth-order valence-corrected chi connectivity index (χ4v) is 7.70. The largest absolute Gasteiger partial charge is 0.480 e. The van der Waals surface area contributed by atoms with Gasteiger partial charge in [0.1, 0.15) is 17.6 Å². The number of alkyl halides is 6. The molecule has 5 rings (SSSR count). The van der Waals surface area contributed by atoms with Gasteiger partial charge in [0.15, 0.2) is 34.4 Å². The van der Waals surface area contributed by atoms with E-state index in [0.29, 0.717) is 22.6 Å². The molecule has 0 aliphatic heterocycles. The Morgan fingerprint density at radius 1 is 1.08 bits per heavy atom. The van der Waals surface area contributed by atoms with Crippen molar-refractivity contribution in [2.24, 2.45) is 12.8 Å². The standard InChI is InChI=1S/C15H12BrClF4N2O2.C15H12F3NO4S.C5H12NO4P/c1-6(2)25-14(24)7-4-8(10(18)5-9(7)17)12-11(16)13(15(19,20)21)23(3)22-12;1-24(21,22)12-6-9(15(16,17)18)4-5-10(12)13(20)11-7-19-23-14(11)8-2-3-8;1-11(9,10)3-2-4(6)5(7)8/h4-6H,1-3H3;4-8H,2-3H2,1H3;4H,2-3,6H2,1H3,(H,7,8)(H,9,10). The molecule has 0 saturated heterocycles. The Kier molecular flexibility index (Phi) is 16.1. The average Bonchev–Trinajstić information content (AvgIpc) is 3.74. The SMILES string of the molecule is CC(C)OC(=O)c1cc(-c2nn(C)c(C(F)(F)F)c2Br)c(F)cc1Cl.CP(=O)(O)CCC(N)C(=O)O.CS(=O)(=O)c1cc(C(F)(F)F)ccc1C(=O)c1cnoc1C1CC1. The first kappa shape index (κ1) is 50.2. The highest BCUT2D eigenvalue weighted by Gasteiger charge is 2.40. The Bertz CT molecular complexity index is 2410. The third-order valence-electron chi connectivity index (χ3n) is 8.05. The molecular weight excluding hydrogens is 948 g/mol. The van der Waals surface area contributed by atoms with E-state index in [1.807, 2.05) is 0 Å². The second-order valence-corrected chi connectivity index (χ2v) is 19.3. The topological polar surface area (TPSA) is 222 Å². The number of carboxylic acids is 1. The van der Waals surface area contributed by atoms with Crippen LogP contribution < -0.4 is 5.73 Å². The summed E-state index contributed by atoms with van der Waals surface area (Å²) in [7, 11) is -6.06. The van der Waals surface area contributed by atoms with Crippen LogP contribution in [0.5, 0.6) is 0 Å². The summed E-state index contributed by atoms with van der Waals surface area (Å²) in [5.74, 6) is -3.20. The first-order chi connectivity index (χ1) is 27.3. The van der Waals surface area contributed by atoms with Gasteiger partial charge in [0.2, 0.25) is 0 Å². The van der Waals surface area contributed by atoms with E-state index in [1.165, 1.54) is 12.9 Å². The third-order valence-corrected chi connectivity index (χ3v) is 11.3. The quantitative estimate of drug-likeness (QED) is 0.0560. The van der Waals surface area contributed by atoms with Crippen LogP contribution in [0.2, 0.25) is 5.02 Å². The molecule has 2 aromatic heterocycles. The summed E-state index contributed by atoms with van der Waals surface area (Å²) in [6.45, 7) is 4.41. The molecule has 330 valence electrons. The molecule has 1 fully saturated rings. The summed E-state index contributed by atoms with van der Waals surface area (Å²) in [4.78, 5) is 42.9. The lowest BCUT2D eigenvalue weighted by Gasteiger charge is -2.11. The van der Waals surface area contributed by atoms with Gasteiger partial charge in [0.05, 0.1) is 43.4 Å². The van der Waals surface area contributed by atoms with E-state index in [1.54, 1.807) is 13.8 Å². The lowest BCUT2D eigenvalue weighted by Crippen LogP contribution is -2.30. The average molecular weight is 984 g/mol. The summed E-state index contributed by atoms with van der Waals surface area (Å²) in [5.41, 5.74) is 1.86. The van der Waals surface area contributed by atoms with Crippen molar-refractivity contribution in [3.63, 3.8) is 0 Å². The number of rotatable bonds is 11. The number of carboxylic acid groups (broad SMARTS) is 1. The highest BCUT2D eigenvalue weighted by atomic mass is 79.9.